The van der Waals surface area contributed by atoms with Gasteiger partial charge < -0.3 is 9.84 Å². The standard InChI is InChI=1S/C16H14O3S/c1-19-14-4-2-3-5-15(14)20-13-9-6-12(7-10-13)8-11-16(17)18/h2-11H,1H3,(H,17,18). The van der Waals surface area contributed by atoms with E-state index in [2.05, 4.69) is 0 Å². The molecule has 0 radical (unpaired) electrons. The van der Waals surface area contributed by atoms with Crippen molar-refractivity contribution in [3.05, 3.63) is 60.2 Å². The number of methoxy groups -OCH3 is 1. The molecule has 0 saturated carbocycles. The summed E-state index contributed by atoms with van der Waals surface area (Å²) in [7, 11) is 1.65. The highest BCUT2D eigenvalue weighted by Gasteiger charge is 2.03. The zero-order chi connectivity index (χ0) is 14.4. The summed E-state index contributed by atoms with van der Waals surface area (Å²) in [6.07, 6.45) is 2.70. The summed E-state index contributed by atoms with van der Waals surface area (Å²) in [5.41, 5.74) is 0.858. The van der Waals surface area contributed by atoms with Crippen molar-refractivity contribution in [3.63, 3.8) is 0 Å². The Hall–Kier alpha value is -2.20. The second kappa shape index (κ2) is 6.82. The van der Waals surface area contributed by atoms with Crippen molar-refractivity contribution in [2.24, 2.45) is 0 Å². The van der Waals surface area contributed by atoms with Gasteiger partial charge in [0.1, 0.15) is 5.75 Å². The average molecular weight is 286 g/mol. The van der Waals surface area contributed by atoms with E-state index in [1.807, 2.05) is 48.5 Å². The fraction of sp³-hybridized carbons (Fsp3) is 0.0625. The molecule has 0 heterocycles. The van der Waals surface area contributed by atoms with Gasteiger partial charge in [-0.2, -0.15) is 0 Å². The van der Waals surface area contributed by atoms with Crippen LogP contribution < -0.4 is 4.74 Å². The highest BCUT2D eigenvalue weighted by atomic mass is 32.2. The van der Waals surface area contributed by atoms with Gasteiger partial charge in [-0.05, 0) is 35.9 Å². The van der Waals surface area contributed by atoms with Gasteiger partial charge in [-0.25, -0.2) is 4.79 Å². The predicted molar refractivity (Wildman–Crippen MR) is 80.2 cm³/mol. The van der Waals surface area contributed by atoms with E-state index in [1.54, 1.807) is 24.9 Å². The number of benzene rings is 2. The fourth-order valence-electron chi connectivity index (χ4n) is 1.64. The van der Waals surface area contributed by atoms with Crippen LogP contribution in [0.25, 0.3) is 6.08 Å². The molecule has 0 unspecified atom stereocenters. The predicted octanol–water partition coefficient (Wildman–Crippen LogP) is 3.94. The Morgan fingerprint density at radius 2 is 1.85 bits per heavy atom. The molecule has 20 heavy (non-hydrogen) atoms. The molecule has 0 saturated heterocycles. The number of rotatable bonds is 5. The van der Waals surface area contributed by atoms with Crippen molar-refractivity contribution in [2.75, 3.05) is 7.11 Å². The van der Waals surface area contributed by atoms with E-state index >= 15 is 0 Å². The molecule has 2 aromatic carbocycles. The van der Waals surface area contributed by atoms with Gasteiger partial charge in [0.15, 0.2) is 0 Å². The Balaban J connectivity index is 2.13. The van der Waals surface area contributed by atoms with E-state index < -0.39 is 5.97 Å². The van der Waals surface area contributed by atoms with E-state index in [0.29, 0.717) is 0 Å². The minimum Gasteiger partial charge on any atom is -0.496 e. The molecule has 0 aliphatic carbocycles. The molecule has 0 fully saturated rings. The summed E-state index contributed by atoms with van der Waals surface area (Å²) in [6.45, 7) is 0. The van der Waals surface area contributed by atoms with Gasteiger partial charge in [-0.15, -0.1) is 0 Å². The Kier molecular flexibility index (Phi) is 4.85. The van der Waals surface area contributed by atoms with Gasteiger partial charge in [-0.3, -0.25) is 0 Å². The SMILES string of the molecule is COc1ccccc1Sc1ccc(C=CC(=O)O)cc1. The van der Waals surface area contributed by atoms with Crippen molar-refractivity contribution < 1.29 is 14.6 Å². The summed E-state index contributed by atoms with van der Waals surface area (Å²) in [5.74, 6) is -0.107. The van der Waals surface area contributed by atoms with Crippen LogP contribution in [0.3, 0.4) is 0 Å². The molecule has 0 spiro atoms. The van der Waals surface area contributed by atoms with E-state index in [0.717, 1.165) is 27.2 Å². The number of hydrogen-bond donors (Lipinski definition) is 1. The van der Waals surface area contributed by atoms with Gasteiger partial charge >= 0.3 is 5.97 Å². The van der Waals surface area contributed by atoms with Crippen LogP contribution in [-0.4, -0.2) is 18.2 Å². The smallest absolute Gasteiger partial charge is 0.328 e. The minimum atomic E-state index is -0.947. The number of carboxylic acids is 1. The number of para-hydroxylation sites is 1. The Morgan fingerprint density at radius 3 is 2.50 bits per heavy atom. The maximum Gasteiger partial charge on any atom is 0.328 e. The summed E-state index contributed by atoms with van der Waals surface area (Å²) in [5, 5.41) is 8.58. The van der Waals surface area contributed by atoms with Crippen LogP contribution in [0.5, 0.6) is 5.75 Å². The Bertz CT molecular complexity index is 618. The van der Waals surface area contributed by atoms with E-state index in [-0.39, 0.29) is 0 Å². The minimum absolute atomic E-state index is 0.840. The van der Waals surface area contributed by atoms with Crippen LogP contribution in [0.4, 0.5) is 0 Å². The molecule has 102 valence electrons. The van der Waals surface area contributed by atoms with Gasteiger partial charge in [0.05, 0.1) is 12.0 Å². The highest BCUT2D eigenvalue weighted by molar-refractivity contribution is 7.99. The van der Waals surface area contributed by atoms with Crippen molar-refractivity contribution in [3.8, 4) is 5.75 Å². The quantitative estimate of drug-likeness (QED) is 0.846. The molecular formula is C16H14O3S. The molecule has 1 N–H and O–H groups in total. The monoisotopic (exact) mass is 286 g/mol. The van der Waals surface area contributed by atoms with E-state index in [1.165, 1.54) is 0 Å². The third-order valence-corrected chi connectivity index (χ3v) is 3.66. The second-order valence-corrected chi connectivity index (χ2v) is 5.11. The Labute approximate surface area is 121 Å². The second-order valence-electron chi connectivity index (χ2n) is 3.99. The summed E-state index contributed by atoms with van der Waals surface area (Å²) >= 11 is 1.61. The lowest BCUT2D eigenvalue weighted by Crippen LogP contribution is -1.86. The van der Waals surface area contributed by atoms with Crippen molar-refractivity contribution in [1.29, 1.82) is 0 Å². The molecule has 0 aromatic heterocycles. The third-order valence-electron chi connectivity index (χ3n) is 2.60. The largest absolute Gasteiger partial charge is 0.496 e. The maximum absolute atomic E-state index is 10.4. The lowest BCUT2D eigenvalue weighted by atomic mass is 10.2. The normalized spacial score (nSPS) is 10.7. The number of hydrogen-bond acceptors (Lipinski definition) is 3. The molecule has 3 nitrogen and oxygen atoms in total. The van der Waals surface area contributed by atoms with Crippen molar-refractivity contribution in [2.45, 2.75) is 9.79 Å². The highest BCUT2D eigenvalue weighted by Crippen LogP contribution is 2.34. The van der Waals surface area contributed by atoms with Crippen LogP contribution in [0.2, 0.25) is 0 Å². The zero-order valence-electron chi connectivity index (χ0n) is 10.9. The fourth-order valence-corrected chi connectivity index (χ4v) is 2.57. The molecule has 0 aliphatic heterocycles. The Morgan fingerprint density at radius 1 is 1.15 bits per heavy atom. The number of aliphatic carboxylic acids is 1. The van der Waals surface area contributed by atoms with Crippen LogP contribution in [0.15, 0.2) is 64.4 Å². The molecular weight excluding hydrogens is 272 g/mol. The summed E-state index contributed by atoms with van der Waals surface area (Å²) in [6, 6.07) is 15.5. The van der Waals surface area contributed by atoms with Crippen LogP contribution >= 0.6 is 11.8 Å². The van der Waals surface area contributed by atoms with Gasteiger partial charge in [0.2, 0.25) is 0 Å². The maximum atomic E-state index is 10.4. The number of carbonyl (C=O) groups is 1. The van der Waals surface area contributed by atoms with Crippen molar-refractivity contribution >= 4 is 23.8 Å². The molecule has 2 rings (SSSR count). The van der Waals surface area contributed by atoms with Gasteiger partial charge in [0.25, 0.3) is 0 Å². The molecule has 0 bridgehead atoms. The first-order chi connectivity index (χ1) is 9.69. The van der Waals surface area contributed by atoms with Gasteiger partial charge in [0, 0.05) is 11.0 Å². The first kappa shape index (κ1) is 14.2. The topological polar surface area (TPSA) is 46.5 Å². The van der Waals surface area contributed by atoms with Gasteiger partial charge in [-0.1, -0.05) is 36.0 Å². The average Bonchev–Trinajstić information content (AvgIpc) is 2.47. The number of ether oxygens (including phenoxy) is 1. The molecule has 0 amide bonds. The molecule has 0 atom stereocenters. The van der Waals surface area contributed by atoms with E-state index in [9.17, 15) is 4.79 Å². The van der Waals surface area contributed by atoms with Crippen LogP contribution in [0.1, 0.15) is 5.56 Å². The molecule has 4 heteroatoms. The summed E-state index contributed by atoms with van der Waals surface area (Å²) in [4.78, 5) is 12.6. The van der Waals surface area contributed by atoms with Crippen LogP contribution in [0, 0.1) is 0 Å². The van der Waals surface area contributed by atoms with Crippen molar-refractivity contribution in [1.82, 2.24) is 0 Å². The first-order valence-corrected chi connectivity index (χ1v) is 6.82. The molecule has 0 aliphatic rings. The zero-order valence-corrected chi connectivity index (χ0v) is 11.8. The van der Waals surface area contributed by atoms with E-state index in [4.69, 9.17) is 9.84 Å². The van der Waals surface area contributed by atoms with Crippen LogP contribution in [-0.2, 0) is 4.79 Å². The number of carboxylic acid groups (broad SMARTS) is 1. The summed E-state index contributed by atoms with van der Waals surface area (Å²) < 4.78 is 5.31. The lowest BCUT2D eigenvalue weighted by molar-refractivity contribution is -0.131. The molecule has 2 aromatic rings. The third kappa shape index (κ3) is 3.90. The first-order valence-electron chi connectivity index (χ1n) is 6.01. The lowest BCUT2D eigenvalue weighted by Gasteiger charge is -2.07.